The average Bonchev–Trinajstić information content (AvgIpc) is 2.64. The lowest BCUT2D eigenvalue weighted by molar-refractivity contribution is -0.142. The summed E-state index contributed by atoms with van der Waals surface area (Å²) in [7, 11) is 1.54. The molecule has 0 spiro atoms. The highest BCUT2D eigenvalue weighted by Crippen LogP contribution is 2.24. The van der Waals surface area contributed by atoms with Gasteiger partial charge in [-0.25, -0.2) is 4.79 Å². The fraction of sp³-hybridized carbons (Fsp3) is 0.300. The fourth-order valence-electron chi connectivity index (χ4n) is 2.75. The number of methoxy groups -OCH3 is 1. The van der Waals surface area contributed by atoms with Crippen LogP contribution in [0, 0.1) is 0 Å². The van der Waals surface area contributed by atoms with Gasteiger partial charge in [-0.05, 0) is 35.6 Å². The molecule has 0 aliphatic carbocycles. The Bertz CT molecular complexity index is 697. The van der Waals surface area contributed by atoms with E-state index in [0.29, 0.717) is 11.3 Å². The third-order valence-electron chi connectivity index (χ3n) is 4.20. The maximum Gasteiger partial charge on any atom is 0.330 e. The van der Waals surface area contributed by atoms with E-state index in [4.69, 9.17) is 4.74 Å². The zero-order chi connectivity index (χ0) is 18.2. The standard InChI is InChI=1S/C20H23NO4/c1-3-14(15-7-5-4-6-8-15)13-18(22)21-19(20(23)24)16-9-11-17(25-2)12-10-16/h4-12,14,19H,3,13H2,1-2H3,(H,21,22)(H,23,24). The second-order valence-electron chi connectivity index (χ2n) is 5.83. The number of carboxylic acids is 1. The van der Waals surface area contributed by atoms with Gasteiger partial charge < -0.3 is 15.2 Å². The number of carbonyl (C=O) groups is 2. The second-order valence-corrected chi connectivity index (χ2v) is 5.83. The Morgan fingerprint density at radius 1 is 1.04 bits per heavy atom. The monoisotopic (exact) mass is 341 g/mol. The van der Waals surface area contributed by atoms with Crippen LogP contribution in [0.5, 0.6) is 5.75 Å². The van der Waals surface area contributed by atoms with Gasteiger partial charge in [-0.3, -0.25) is 4.79 Å². The number of aliphatic carboxylic acids is 1. The van der Waals surface area contributed by atoms with E-state index in [0.717, 1.165) is 12.0 Å². The average molecular weight is 341 g/mol. The van der Waals surface area contributed by atoms with Crippen molar-refractivity contribution in [2.45, 2.75) is 31.7 Å². The maximum atomic E-state index is 12.4. The van der Waals surface area contributed by atoms with E-state index in [1.165, 1.54) is 0 Å². The summed E-state index contributed by atoms with van der Waals surface area (Å²) in [6, 6.07) is 15.3. The number of benzene rings is 2. The van der Waals surface area contributed by atoms with Gasteiger partial charge in [0.25, 0.3) is 0 Å². The first kappa shape index (κ1) is 18.5. The Hall–Kier alpha value is -2.82. The molecule has 0 saturated carbocycles. The van der Waals surface area contributed by atoms with E-state index >= 15 is 0 Å². The van der Waals surface area contributed by atoms with Crippen molar-refractivity contribution in [3.05, 3.63) is 65.7 Å². The summed E-state index contributed by atoms with van der Waals surface area (Å²) in [5.74, 6) is -0.675. The predicted molar refractivity (Wildman–Crippen MR) is 95.6 cm³/mol. The van der Waals surface area contributed by atoms with E-state index in [1.54, 1.807) is 31.4 Å². The Kier molecular flexibility index (Phi) is 6.57. The van der Waals surface area contributed by atoms with Crippen LogP contribution in [0.4, 0.5) is 0 Å². The SMILES string of the molecule is CCC(CC(=O)NC(C(=O)O)c1ccc(OC)cc1)c1ccccc1. The van der Waals surface area contributed by atoms with Crippen LogP contribution in [-0.4, -0.2) is 24.1 Å². The minimum atomic E-state index is -1.09. The van der Waals surface area contributed by atoms with Gasteiger partial charge in [-0.1, -0.05) is 49.4 Å². The molecule has 2 rings (SSSR count). The first-order valence-electron chi connectivity index (χ1n) is 8.26. The quantitative estimate of drug-likeness (QED) is 0.770. The number of carboxylic acid groups (broad SMARTS) is 1. The molecule has 0 radical (unpaired) electrons. The van der Waals surface area contributed by atoms with Gasteiger partial charge >= 0.3 is 5.97 Å². The number of amides is 1. The zero-order valence-corrected chi connectivity index (χ0v) is 14.4. The molecule has 2 aromatic rings. The molecular formula is C20H23NO4. The summed E-state index contributed by atoms with van der Waals surface area (Å²) in [4.78, 5) is 24.0. The molecule has 0 aromatic heterocycles. The van der Waals surface area contributed by atoms with Gasteiger partial charge in [-0.15, -0.1) is 0 Å². The van der Waals surface area contributed by atoms with Crippen molar-refractivity contribution in [1.29, 1.82) is 0 Å². The Labute approximate surface area is 147 Å². The molecule has 0 fully saturated rings. The molecule has 25 heavy (non-hydrogen) atoms. The molecule has 0 bridgehead atoms. The highest BCUT2D eigenvalue weighted by molar-refractivity contribution is 5.85. The van der Waals surface area contributed by atoms with Crippen molar-refractivity contribution in [2.24, 2.45) is 0 Å². The topological polar surface area (TPSA) is 75.6 Å². The third-order valence-corrected chi connectivity index (χ3v) is 4.20. The first-order valence-corrected chi connectivity index (χ1v) is 8.26. The summed E-state index contributed by atoms with van der Waals surface area (Å²) < 4.78 is 5.07. The van der Waals surface area contributed by atoms with Crippen LogP contribution in [0.25, 0.3) is 0 Å². The van der Waals surface area contributed by atoms with E-state index in [9.17, 15) is 14.7 Å². The van der Waals surface area contributed by atoms with Crippen molar-refractivity contribution in [3.8, 4) is 5.75 Å². The lowest BCUT2D eigenvalue weighted by Crippen LogP contribution is -2.34. The van der Waals surface area contributed by atoms with E-state index in [1.807, 2.05) is 37.3 Å². The largest absolute Gasteiger partial charge is 0.497 e. The van der Waals surface area contributed by atoms with Gasteiger partial charge in [0.15, 0.2) is 6.04 Å². The van der Waals surface area contributed by atoms with Crippen molar-refractivity contribution in [2.75, 3.05) is 7.11 Å². The lowest BCUT2D eigenvalue weighted by Gasteiger charge is -2.19. The summed E-state index contributed by atoms with van der Waals surface area (Å²) in [6.07, 6.45) is 1.05. The molecule has 5 heteroatoms. The number of nitrogens with one attached hydrogen (secondary N) is 1. The normalized spacial score (nSPS) is 12.9. The van der Waals surface area contributed by atoms with E-state index < -0.39 is 12.0 Å². The molecule has 0 aliphatic heterocycles. The molecule has 2 N–H and O–H groups in total. The summed E-state index contributed by atoms with van der Waals surface area (Å²) >= 11 is 0. The van der Waals surface area contributed by atoms with Gasteiger partial charge in [-0.2, -0.15) is 0 Å². The van der Waals surface area contributed by atoms with Crippen LogP contribution in [0.15, 0.2) is 54.6 Å². The number of hydrogen-bond acceptors (Lipinski definition) is 3. The second kappa shape index (κ2) is 8.87. The maximum absolute atomic E-state index is 12.4. The summed E-state index contributed by atoms with van der Waals surface area (Å²) in [5.41, 5.74) is 1.59. The van der Waals surface area contributed by atoms with Crippen LogP contribution in [0.1, 0.15) is 42.9 Å². The molecule has 0 saturated heterocycles. The van der Waals surface area contributed by atoms with Gasteiger partial charge in [0.05, 0.1) is 7.11 Å². The van der Waals surface area contributed by atoms with Crippen molar-refractivity contribution < 1.29 is 19.4 Å². The summed E-state index contributed by atoms with van der Waals surface area (Å²) in [6.45, 7) is 2.02. The van der Waals surface area contributed by atoms with Crippen molar-refractivity contribution >= 4 is 11.9 Å². The molecular weight excluding hydrogens is 318 g/mol. The number of hydrogen-bond donors (Lipinski definition) is 2. The number of rotatable bonds is 8. The first-order chi connectivity index (χ1) is 12.0. The molecule has 0 heterocycles. The molecule has 1 amide bonds. The lowest BCUT2D eigenvalue weighted by atomic mass is 9.92. The van der Waals surface area contributed by atoms with Gasteiger partial charge in [0.1, 0.15) is 5.75 Å². The molecule has 132 valence electrons. The molecule has 2 atom stereocenters. The number of ether oxygens (including phenoxy) is 1. The van der Waals surface area contributed by atoms with Crippen molar-refractivity contribution in [1.82, 2.24) is 5.32 Å². The predicted octanol–water partition coefficient (Wildman–Crippen LogP) is 3.52. The van der Waals surface area contributed by atoms with E-state index in [-0.39, 0.29) is 18.2 Å². The van der Waals surface area contributed by atoms with Crippen LogP contribution < -0.4 is 10.1 Å². The minimum absolute atomic E-state index is 0.0616. The Balaban J connectivity index is 2.08. The Morgan fingerprint density at radius 3 is 2.20 bits per heavy atom. The molecule has 0 aliphatic rings. The fourth-order valence-corrected chi connectivity index (χ4v) is 2.75. The van der Waals surface area contributed by atoms with E-state index in [2.05, 4.69) is 5.32 Å². The third kappa shape index (κ3) is 5.08. The molecule has 2 unspecified atom stereocenters. The van der Waals surface area contributed by atoms with Gasteiger partial charge in [0.2, 0.25) is 5.91 Å². The zero-order valence-electron chi connectivity index (χ0n) is 14.4. The summed E-state index contributed by atoms with van der Waals surface area (Å²) in [5, 5.41) is 12.1. The number of carbonyl (C=O) groups excluding carboxylic acids is 1. The van der Waals surface area contributed by atoms with Crippen LogP contribution in [-0.2, 0) is 9.59 Å². The van der Waals surface area contributed by atoms with Crippen LogP contribution in [0.3, 0.4) is 0 Å². The van der Waals surface area contributed by atoms with Crippen molar-refractivity contribution in [3.63, 3.8) is 0 Å². The highest BCUT2D eigenvalue weighted by Gasteiger charge is 2.23. The molecule has 2 aromatic carbocycles. The van der Waals surface area contributed by atoms with Crippen LogP contribution >= 0.6 is 0 Å². The molecule has 5 nitrogen and oxygen atoms in total. The Morgan fingerprint density at radius 2 is 1.68 bits per heavy atom. The minimum Gasteiger partial charge on any atom is -0.497 e. The van der Waals surface area contributed by atoms with Gasteiger partial charge in [0, 0.05) is 6.42 Å². The van der Waals surface area contributed by atoms with Crippen LogP contribution in [0.2, 0.25) is 0 Å². The highest BCUT2D eigenvalue weighted by atomic mass is 16.5. The smallest absolute Gasteiger partial charge is 0.330 e.